The van der Waals surface area contributed by atoms with Crippen LogP contribution in [-0.2, 0) is 9.63 Å². The van der Waals surface area contributed by atoms with Gasteiger partial charge in [-0.05, 0) is 25.8 Å². The van der Waals surface area contributed by atoms with E-state index < -0.39 is 5.60 Å². The molecule has 118 valence electrons. The van der Waals surface area contributed by atoms with Crippen molar-refractivity contribution >= 4 is 23.2 Å². The predicted molar refractivity (Wildman–Crippen MR) is 83.9 cm³/mol. The second-order valence-corrected chi connectivity index (χ2v) is 6.76. The van der Waals surface area contributed by atoms with Crippen LogP contribution in [0.15, 0.2) is 29.4 Å². The van der Waals surface area contributed by atoms with Gasteiger partial charge in [-0.15, -0.1) is 0 Å². The lowest BCUT2D eigenvalue weighted by Crippen LogP contribution is -2.46. The van der Waals surface area contributed by atoms with E-state index in [4.69, 9.17) is 16.4 Å². The van der Waals surface area contributed by atoms with Gasteiger partial charge in [0.2, 0.25) is 5.60 Å². The summed E-state index contributed by atoms with van der Waals surface area (Å²) < 4.78 is 0. The highest BCUT2D eigenvalue weighted by Crippen LogP contribution is 2.44. The van der Waals surface area contributed by atoms with Gasteiger partial charge in [0.25, 0.3) is 5.91 Å². The van der Waals surface area contributed by atoms with Crippen LogP contribution >= 0.6 is 11.6 Å². The maximum absolute atomic E-state index is 12.4. The van der Waals surface area contributed by atoms with Crippen LogP contribution in [0.5, 0.6) is 0 Å². The largest absolute Gasteiger partial charge is 0.396 e. The molecule has 0 saturated heterocycles. The second kappa shape index (κ2) is 5.56. The predicted octanol–water partition coefficient (Wildman–Crippen LogP) is 2.11. The van der Waals surface area contributed by atoms with Crippen LogP contribution in [0.25, 0.3) is 0 Å². The molecule has 5 nitrogen and oxygen atoms in total. The third-order valence-corrected chi connectivity index (χ3v) is 4.77. The Labute approximate surface area is 134 Å². The minimum absolute atomic E-state index is 0.103. The van der Waals surface area contributed by atoms with Crippen molar-refractivity contribution in [2.45, 2.75) is 31.8 Å². The summed E-state index contributed by atoms with van der Waals surface area (Å²) in [6, 6.07) is 7.36. The first kappa shape index (κ1) is 15.3. The summed E-state index contributed by atoms with van der Waals surface area (Å²) in [5.74, 6) is -0.210. The van der Waals surface area contributed by atoms with E-state index in [1.54, 1.807) is 13.0 Å². The molecule has 0 aromatic heterocycles. The Bertz CT molecular complexity index is 628. The van der Waals surface area contributed by atoms with Gasteiger partial charge in [-0.3, -0.25) is 4.79 Å². The van der Waals surface area contributed by atoms with Crippen molar-refractivity contribution in [3.8, 4) is 0 Å². The van der Waals surface area contributed by atoms with Gasteiger partial charge in [0.15, 0.2) is 0 Å². The molecule has 3 rings (SSSR count). The minimum atomic E-state index is -1.03. The summed E-state index contributed by atoms with van der Waals surface area (Å²) in [4.78, 5) is 17.8. The van der Waals surface area contributed by atoms with E-state index in [9.17, 15) is 9.90 Å². The first-order valence-corrected chi connectivity index (χ1v) is 7.75. The number of hydrogen-bond acceptors (Lipinski definition) is 4. The highest BCUT2D eigenvalue weighted by atomic mass is 35.5. The Kier molecular flexibility index (Phi) is 3.87. The summed E-state index contributed by atoms with van der Waals surface area (Å²) in [7, 11) is 0. The Balaban J connectivity index is 1.64. The van der Waals surface area contributed by atoms with Crippen molar-refractivity contribution in [1.82, 2.24) is 5.32 Å². The Morgan fingerprint density at radius 1 is 1.45 bits per heavy atom. The zero-order valence-corrected chi connectivity index (χ0v) is 13.2. The number of benzene rings is 1. The van der Waals surface area contributed by atoms with E-state index in [-0.39, 0.29) is 17.9 Å². The highest BCUT2D eigenvalue weighted by Gasteiger charge is 2.46. The number of hydrogen-bond donors (Lipinski definition) is 2. The van der Waals surface area contributed by atoms with Crippen molar-refractivity contribution < 1.29 is 14.7 Å². The number of aliphatic hydroxyl groups excluding tert-OH is 1. The molecule has 22 heavy (non-hydrogen) atoms. The van der Waals surface area contributed by atoms with Crippen LogP contribution in [0.3, 0.4) is 0 Å². The quantitative estimate of drug-likeness (QED) is 0.872. The fraction of sp³-hybridized carbons (Fsp3) is 0.500. The van der Waals surface area contributed by atoms with E-state index in [0.29, 0.717) is 23.7 Å². The average Bonchev–Trinajstić information content (AvgIpc) is 3.20. The lowest BCUT2D eigenvalue weighted by Gasteiger charge is -2.22. The van der Waals surface area contributed by atoms with Gasteiger partial charge < -0.3 is 15.3 Å². The molecule has 1 aliphatic heterocycles. The molecule has 1 aromatic carbocycles. The van der Waals surface area contributed by atoms with Crippen LogP contribution in [0.4, 0.5) is 0 Å². The molecule has 1 aromatic rings. The van der Waals surface area contributed by atoms with Crippen molar-refractivity contribution in [1.29, 1.82) is 0 Å². The second-order valence-electron chi connectivity index (χ2n) is 6.36. The lowest BCUT2D eigenvalue weighted by atomic mass is 9.94. The summed E-state index contributed by atoms with van der Waals surface area (Å²) >= 11 is 6.16. The van der Waals surface area contributed by atoms with Crippen molar-refractivity contribution in [3.63, 3.8) is 0 Å². The van der Waals surface area contributed by atoms with Gasteiger partial charge >= 0.3 is 0 Å². The number of aliphatic hydroxyl groups is 1. The van der Waals surface area contributed by atoms with Crippen molar-refractivity contribution in [2.24, 2.45) is 10.6 Å². The number of carbonyl (C=O) groups excluding carboxylic acids is 1. The fourth-order valence-electron chi connectivity index (χ4n) is 2.52. The first-order chi connectivity index (χ1) is 10.5. The molecular weight excluding hydrogens is 304 g/mol. The number of carbonyl (C=O) groups is 1. The van der Waals surface area contributed by atoms with Gasteiger partial charge in [0.1, 0.15) is 0 Å². The molecule has 0 radical (unpaired) electrons. The van der Waals surface area contributed by atoms with E-state index in [1.165, 1.54) is 0 Å². The molecule has 1 atom stereocenters. The molecule has 1 fully saturated rings. The van der Waals surface area contributed by atoms with Gasteiger partial charge in [-0.25, -0.2) is 0 Å². The Morgan fingerprint density at radius 2 is 2.18 bits per heavy atom. The lowest BCUT2D eigenvalue weighted by molar-refractivity contribution is -0.142. The van der Waals surface area contributed by atoms with E-state index in [2.05, 4.69) is 10.5 Å². The molecule has 1 heterocycles. The molecule has 1 saturated carbocycles. The summed E-state index contributed by atoms with van der Waals surface area (Å²) in [6.45, 7) is 2.29. The Hall–Kier alpha value is -1.59. The van der Waals surface area contributed by atoms with Gasteiger partial charge in [0, 0.05) is 29.0 Å². The standard InChI is InChI=1S/C16H19ClN2O3/c1-15(14(21)18-9-16(10-20)6-7-16)8-13(19-22-15)11-4-2-3-5-12(11)17/h2-5,20H,6-10H2,1H3,(H,18,21). The van der Waals surface area contributed by atoms with Crippen molar-refractivity contribution in [2.75, 3.05) is 13.2 Å². The van der Waals surface area contributed by atoms with Gasteiger partial charge in [-0.1, -0.05) is 35.0 Å². The third-order valence-electron chi connectivity index (χ3n) is 4.44. The molecular formula is C16H19ClN2O3. The number of amides is 1. The summed E-state index contributed by atoms with van der Waals surface area (Å²) in [6.07, 6.45) is 2.26. The van der Waals surface area contributed by atoms with Crippen LogP contribution in [0, 0.1) is 5.41 Å². The monoisotopic (exact) mass is 322 g/mol. The Morgan fingerprint density at radius 3 is 2.82 bits per heavy atom. The zero-order valence-electron chi connectivity index (χ0n) is 12.4. The van der Waals surface area contributed by atoms with Crippen LogP contribution < -0.4 is 5.32 Å². The zero-order chi connectivity index (χ0) is 15.8. The summed E-state index contributed by atoms with van der Waals surface area (Å²) in [5, 5.41) is 16.8. The molecule has 2 N–H and O–H groups in total. The highest BCUT2D eigenvalue weighted by molar-refractivity contribution is 6.34. The van der Waals surface area contributed by atoms with Crippen LogP contribution in [0.1, 0.15) is 31.7 Å². The average molecular weight is 323 g/mol. The van der Waals surface area contributed by atoms with Crippen LogP contribution in [0.2, 0.25) is 5.02 Å². The van der Waals surface area contributed by atoms with Crippen LogP contribution in [-0.4, -0.2) is 35.5 Å². The third kappa shape index (κ3) is 2.83. The molecule has 0 spiro atoms. The van der Waals surface area contributed by atoms with Crippen molar-refractivity contribution in [3.05, 3.63) is 34.9 Å². The first-order valence-electron chi connectivity index (χ1n) is 7.37. The number of halogens is 1. The molecule has 1 unspecified atom stereocenters. The normalized spacial score (nSPS) is 25.3. The SMILES string of the molecule is CC1(C(=O)NCC2(CO)CC2)CC(c2ccccc2Cl)=NO1. The van der Waals surface area contributed by atoms with E-state index in [0.717, 1.165) is 18.4 Å². The van der Waals surface area contributed by atoms with Gasteiger partial charge in [0.05, 0.1) is 12.3 Å². The van der Waals surface area contributed by atoms with Gasteiger partial charge in [-0.2, -0.15) is 0 Å². The number of rotatable bonds is 5. The number of nitrogens with zero attached hydrogens (tertiary/aromatic N) is 1. The molecule has 6 heteroatoms. The smallest absolute Gasteiger partial charge is 0.267 e. The topological polar surface area (TPSA) is 70.9 Å². The minimum Gasteiger partial charge on any atom is -0.396 e. The van der Waals surface area contributed by atoms with E-state index in [1.807, 2.05) is 18.2 Å². The number of oxime groups is 1. The number of nitrogens with one attached hydrogen (secondary N) is 1. The summed E-state index contributed by atoms with van der Waals surface area (Å²) in [5.41, 5.74) is 0.304. The molecule has 1 amide bonds. The molecule has 1 aliphatic carbocycles. The molecule has 0 bridgehead atoms. The maximum atomic E-state index is 12.4. The van der Waals surface area contributed by atoms with E-state index >= 15 is 0 Å². The maximum Gasteiger partial charge on any atom is 0.267 e. The molecule has 2 aliphatic rings. The fourth-order valence-corrected chi connectivity index (χ4v) is 2.77.